The van der Waals surface area contributed by atoms with E-state index in [9.17, 15) is 14.7 Å². The van der Waals surface area contributed by atoms with E-state index < -0.39 is 17.3 Å². The molecule has 21 heavy (non-hydrogen) atoms. The third-order valence-corrected chi connectivity index (χ3v) is 2.93. The molecule has 0 bridgehead atoms. The topological polar surface area (TPSA) is 88.6 Å². The molecule has 0 aliphatic rings. The van der Waals surface area contributed by atoms with Crippen molar-refractivity contribution < 1.29 is 19.4 Å². The van der Waals surface area contributed by atoms with Gasteiger partial charge in [0, 0.05) is 18.4 Å². The minimum Gasteiger partial charge on any atom is -0.504 e. The van der Waals surface area contributed by atoms with Crippen molar-refractivity contribution in [2.24, 2.45) is 0 Å². The van der Waals surface area contributed by atoms with Gasteiger partial charge in [-0.2, -0.15) is 0 Å². The molecular weight excluding hydrogens is 274 g/mol. The average Bonchev–Trinajstić information content (AvgIpc) is 2.43. The largest absolute Gasteiger partial charge is 0.504 e. The normalized spacial score (nSPS) is 10.6. The van der Waals surface area contributed by atoms with Gasteiger partial charge in [0.25, 0.3) is 5.56 Å². The third-order valence-electron chi connectivity index (χ3n) is 2.93. The molecule has 0 aliphatic carbocycles. The van der Waals surface area contributed by atoms with Crippen molar-refractivity contribution in [3.05, 3.63) is 28.6 Å². The number of carbonyl (C=O) groups is 1. The SMILES string of the molecule is CCCCOc1ccc2c(O)c(OC(C)=O)c(=O)[nH]c2c1. The highest BCUT2D eigenvalue weighted by Crippen LogP contribution is 2.31. The molecule has 6 heteroatoms. The second-order valence-corrected chi connectivity index (χ2v) is 4.63. The number of rotatable bonds is 5. The van der Waals surface area contributed by atoms with Crippen LogP contribution in [-0.2, 0) is 4.79 Å². The Morgan fingerprint density at radius 1 is 1.38 bits per heavy atom. The first-order chi connectivity index (χ1) is 10.0. The fourth-order valence-electron chi connectivity index (χ4n) is 1.90. The number of esters is 1. The van der Waals surface area contributed by atoms with Gasteiger partial charge >= 0.3 is 5.97 Å². The number of carbonyl (C=O) groups excluding carboxylic acids is 1. The predicted molar refractivity (Wildman–Crippen MR) is 77.9 cm³/mol. The number of benzene rings is 1. The zero-order valence-corrected chi connectivity index (χ0v) is 11.9. The highest BCUT2D eigenvalue weighted by Gasteiger charge is 2.15. The fraction of sp³-hybridized carbons (Fsp3) is 0.333. The number of nitrogens with one attached hydrogen (secondary N) is 1. The fourth-order valence-corrected chi connectivity index (χ4v) is 1.90. The number of hydrogen-bond acceptors (Lipinski definition) is 5. The van der Waals surface area contributed by atoms with Crippen molar-refractivity contribution in [2.75, 3.05) is 6.61 Å². The second kappa shape index (κ2) is 6.30. The van der Waals surface area contributed by atoms with Gasteiger partial charge in [-0.25, -0.2) is 0 Å². The summed E-state index contributed by atoms with van der Waals surface area (Å²) in [4.78, 5) is 25.3. The van der Waals surface area contributed by atoms with E-state index in [1.807, 2.05) is 0 Å². The standard InChI is InChI=1S/C15H17NO5/c1-3-4-7-20-10-5-6-11-12(8-10)16-15(19)14(13(11)18)21-9(2)17/h5-6,8H,3-4,7H2,1-2H3,(H2,16,18,19). The molecule has 0 spiro atoms. The molecular formula is C15H17NO5. The van der Waals surface area contributed by atoms with Gasteiger partial charge in [-0.15, -0.1) is 0 Å². The van der Waals surface area contributed by atoms with Gasteiger partial charge in [-0.05, 0) is 18.6 Å². The molecule has 0 radical (unpaired) electrons. The van der Waals surface area contributed by atoms with Gasteiger partial charge < -0.3 is 19.6 Å². The summed E-state index contributed by atoms with van der Waals surface area (Å²) < 4.78 is 10.3. The second-order valence-electron chi connectivity index (χ2n) is 4.63. The summed E-state index contributed by atoms with van der Waals surface area (Å²) in [6.07, 6.45) is 1.96. The Balaban J connectivity index is 2.41. The van der Waals surface area contributed by atoms with Crippen LogP contribution >= 0.6 is 0 Å². The van der Waals surface area contributed by atoms with Gasteiger partial charge in [-0.3, -0.25) is 9.59 Å². The van der Waals surface area contributed by atoms with Gasteiger partial charge in [0.1, 0.15) is 5.75 Å². The number of ether oxygens (including phenoxy) is 2. The summed E-state index contributed by atoms with van der Waals surface area (Å²) in [5.41, 5.74) is -0.247. The summed E-state index contributed by atoms with van der Waals surface area (Å²) >= 11 is 0. The molecule has 0 aliphatic heterocycles. The van der Waals surface area contributed by atoms with Crippen LogP contribution in [0.4, 0.5) is 0 Å². The predicted octanol–water partition coefficient (Wildman–Crippen LogP) is 2.34. The maximum atomic E-state index is 11.8. The van der Waals surface area contributed by atoms with Gasteiger partial charge in [0.05, 0.1) is 12.1 Å². The maximum absolute atomic E-state index is 11.8. The van der Waals surface area contributed by atoms with Crippen molar-refractivity contribution >= 4 is 16.9 Å². The Morgan fingerprint density at radius 3 is 2.81 bits per heavy atom. The smallest absolute Gasteiger partial charge is 0.308 e. The Bertz CT molecular complexity index is 720. The van der Waals surface area contributed by atoms with Crippen molar-refractivity contribution in [1.29, 1.82) is 0 Å². The molecule has 0 unspecified atom stereocenters. The van der Waals surface area contributed by atoms with E-state index >= 15 is 0 Å². The number of H-pyrrole nitrogens is 1. The Morgan fingerprint density at radius 2 is 2.14 bits per heavy atom. The van der Waals surface area contributed by atoms with Crippen LogP contribution in [0.25, 0.3) is 10.9 Å². The average molecular weight is 291 g/mol. The van der Waals surface area contributed by atoms with Crippen LogP contribution < -0.4 is 15.0 Å². The Kier molecular flexibility index (Phi) is 4.47. The first kappa shape index (κ1) is 14.9. The van der Waals surface area contributed by atoms with Crippen molar-refractivity contribution in [2.45, 2.75) is 26.7 Å². The van der Waals surface area contributed by atoms with E-state index in [0.717, 1.165) is 19.8 Å². The lowest BCUT2D eigenvalue weighted by atomic mass is 10.2. The molecule has 2 N–H and O–H groups in total. The number of unbranched alkanes of at least 4 members (excludes halogenated alkanes) is 1. The molecule has 0 amide bonds. The highest BCUT2D eigenvalue weighted by atomic mass is 16.5. The van der Waals surface area contributed by atoms with Crippen LogP contribution in [-0.4, -0.2) is 22.7 Å². The monoisotopic (exact) mass is 291 g/mol. The molecule has 0 atom stereocenters. The summed E-state index contributed by atoms with van der Waals surface area (Å²) in [6, 6.07) is 4.92. The van der Waals surface area contributed by atoms with E-state index in [2.05, 4.69) is 11.9 Å². The first-order valence-electron chi connectivity index (χ1n) is 6.73. The van der Waals surface area contributed by atoms with E-state index in [4.69, 9.17) is 9.47 Å². The zero-order chi connectivity index (χ0) is 15.4. The number of pyridine rings is 1. The molecule has 2 aromatic rings. The van der Waals surface area contributed by atoms with Gasteiger partial charge in [0.2, 0.25) is 5.75 Å². The number of aromatic nitrogens is 1. The lowest BCUT2D eigenvalue weighted by Gasteiger charge is -2.09. The quantitative estimate of drug-likeness (QED) is 0.652. The van der Waals surface area contributed by atoms with Gasteiger partial charge in [-0.1, -0.05) is 13.3 Å². The van der Waals surface area contributed by atoms with Crippen LogP contribution in [0.3, 0.4) is 0 Å². The number of aromatic hydroxyl groups is 1. The van der Waals surface area contributed by atoms with E-state index in [0.29, 0.717) is 23.3 Å². The molecule has 0 saturated carbocycles. The lowest BCUT2D eigenvalue weighted by molar-refractivity contribution is -0.132. The lowest BCUT2D eigenvalue weighted by Crippen LogP contribution is -2.14. The van der Waals surface area contributed by atoms with Crippen LogP contribution in [0, 0.1) is 0 Å². The molecule has 1 aromatic heterocycles. The first-order valence-corrected chi connectivity index (χ1v) is 6.73. The van der Waals surface area contributed by atoms with E-state index in [1.165, 1.54) is 0 Å². The summed E-state index contributed by atoms with van der Waals surface area (Å²) in [5.74, 6) is -0.820. The minimum atomic E-state index is -0.672. The molecule has 6 nitrogen and oxygen atoms in total. The summed E-state index contributed by atoms with van der Waals surface area (Å²) in [6.45, 7) is 3.81. The number of fused-ring (bicyclic) bond motifs is 1. The van der Waals surface area contributed by atoms with Crippen LogP contribution in [0.5, 0.6) is 17.2 Å². The Labute approximate surface area is 121 Å². The van der Waals surface area contributed by atoms with E-state index in [1.54, 1.807) is 18.2 Å². The minimum absolute atomic E-state index is 0.357. The zero-order valence-electron chi connectivity index (χ0n) is 11.9. The van der Waals surface area contributed by atoms with Crippen molar-refractivity contribution in [1.82, 2.24) is 4.98 Å². The molecule has 0 fully saturated rings. The number of aromatic amines is 1. The molecule has 1 aromatic carbocycles. The maximum Gasteiger partial charge on any atom is 0.308 e. The molecule has 2 rings (SSSR count). The molecule has 1 heterocycles. The molecule has 112 valence electrons. The summed E-state index contributed by atoms with van der Waals surface area (Å²) in [5, 5.41) is 10.4. The third kappa shape index (κ3) is 3.34. The van der Waals surface area contributed by atoms with Crippen LogP contribution in [0.2, 0.25) is 0 Å². The summed E-state index contributed by atoms with van der Waals surface area (Å²) in [7, 11) is 0. The van der Waals surface area contributed by atoms with Crippen LogP contribution in [0.1, 0.15) is 26.7 Å². The van der Waals surface area contributed by atoms with Gasteiger partial charge in [0.15, 0.2) is 5.75 Å². The van der Waals surface area contributed by atoms with E-state index in [-0.39, 0.29) is 5.75 Å². The van der Waals surface area contributed by atoms with Crippen LogP contribution in [0.15, 0.2) is 23.0 Å². The number of hydrogen-bond donors (Lipinski definition) is 2. The Hall–Kier alpha value is -2.50. The van der Waals surface area contributed by atoms with Crippen molar-refractivity contribution in [3.63, 3.8) is 0 Å². The van der Waals surface area contributed by atoms with Crippen molar-refractivity contribution in [3.8, 4) is 17.2 Å². The highest BCUT2D eigenvalue weighted by molar-refractivity contribution is 5.88. The molecule has 0 saturated heterocycles.